The Morgan fingerprint density at radius 1 is 1.14 bits per heavy atom. The van der Waals surface area contributed by atoms with E-state index in [0.29, 0.717) is 11.1 Å². The summed E-state index contributed by atoms with van der Waals surface area (Å²) in [7, 11) is 4.79. The van der Waals surface area contributed by atoms with Gasteiger partial charge in [-0.05, 0) is 63.5 Å². The van der Waals surface area contributed by atoms with Crippen LogP contribution in [0.5, 0.6) is 17.4 Å². The number of halogens is 4. The maximum Gasteiger partial charge on any atom is 0.423 e. The molecular weight excluding hydrogens is 609 g/mol. The maximum atomic E-state index is 13.9. The predicted molar refractivity (Wildman–Crippen MR) is 158 cm³/mol. The van der Waals surface area contributed by atoms with Crippen LogP contribution in [0.1, 0.15) is 39.1 Å². The molecule has 0 atom stereocenters. The van der Waals surface area contributed by atoms with Gasteiger partial charge in [-0.2, -0.15) is 18.2 Å². The largest absolute Gasteiger partial charge is 0.495 e. The van der Waals surface area contributed by atoms with Crippen LogP contribution in [0.25, 0.3) is 0 Å². The summed E-state index contributed by atoms with van der Waals surface area (Å²) in [5.74, 6) is -1.96. The molecule has 1 aliphatic rings. The molecule has 4 rings (SSSR count). The van der Waals surface area contributed by atoms with Crippen LogP contribution in [-0.4, -0.2) is 73.3 Å². The molecule has 1 fully saturated rings. The molecule has 2 aromatic carbocycles. The lowest BCUT2D eigenvalue weighted by atomic mass is 10.0. The smallest absolute Gasteiger partial charge is 0.423 e. The molecule has 3 aromatic rings. The molecule has 0 saturated carbocycles. The lowest BCUT2D eigenvalue weighted by molar-refractivity contribution is -0.139. The molecule has 43 heavy (non-hydrogen) atoms. The van der Waals surface area contributed by atoms with Crippen LogP contribution in [0.15, 0.2) is 41.4 Å². The monoisotopic (exact) mass is 638 g/mol. The molecule has 10 nitrogen and oxygen atoms in total. The second kappa shape index (κ2) is 13.7. The van der Waals surface area contributed by atoms with E-state index in [1.807, 2.05) is 7.05 Å². The number of methoxy groups -OCH3 is 1. The van der Waals surface area contributed by atoms with E-state index in [4.69, 9.17) is 21.1 Å². The molecule has 0 unspecified atom stereocenters. The molecule has 3 N–H and O–H groups in total. The number of carbonyl (C=O) groups excluding carboxylic acids is 2. The van der Waals surface area contributed by atoms with Crippen molar-refractivity contribution in [3.8, 4) is 17.4 Å². The Morgan fingerprint density at radius 3 is 2.49 bits per heavy atom. The number of hydrogen-bond donors (Lipinski definition) is 3. The summed E-state index contributed by atoms with van der Waals surface area (Å²) in [6.07, 6.45) is -0.958. The van der Waals surface area contributed by atoms with E-state index in [9.17, 15) is 22.8 Å². The average Bonchev–Trinajstić information content (AvgIpc) is 2.97. The summed E-state index contributed by atoms with van der Waals surface area (Å²) < 4.78 is 52.8. The Labute approximate surface area is 255 Å². The van der Waals surface area contributed by atoms with E-state index in [1.165, 1.54) is 44.1 Å². The lowest BCUT2D eigenvalue weighted by Gasteiger charge is -2.29. The van der Waals surface area contributed by atoms with E-state index < -0.39 is 23.5 Å². The predicted octanol–water partition coefficient (Wildman–Crippen LogP) is 5.60. The van der Waals surface area contributed by atoms with E-state index in [0.717, 1.165) is 25.9 Å². The highest BCUT2D eigenvalue weighted by Gasteiger charge is 2.37. The summed E-state index contributed by atoms with van der Waals surface area (Å²) in [5.41, 5.74) is -0.817. The zero-order valence-electron chi connectivity index (χ0n) is 23.8. The number of aromatic nitrogens is 2. The average molecular weight is 639 g/mol. The number of amides is 2. The molecule has 0 spiro atoms. The minimum atomic E-state index is -4.86. The molecule has 2 amide bonds. The van der Waals surface area contributed by atoms with Crippen molar-refractivity contribution in [1.29, 1.82) is 0 Å². The van der Waals surface area contributed by atoms with Gasteiger partial charge in [0.15, 0.2) is 0 Å². The topological polar surface area (TPSA) is 118 Å². The fourth-order valence-electron chi connectivity index (χ4n) is 4.45. The number of benzene rings is 2. The van der Waals surface area contributed by atoms with Gasteiger partial charge >= 0.3 is 6.18 Å². The Balaban J connectivity index is 1.65. The van der Waals surface area contributed by atoms with Gasteiger partial charge in [0.1, 0.15) is 17.1 Å². The second-order valence-corrected chi connectivity index (χ2v) is 10.9. The van der Waals surface area contributed by atoms with Gasteiger partial charge in [-0.1, -0.05) is 17.7 Å². The number of ether oxygens (including phenoxy) is 2. The van der Waals surface area contributed by atoms with Crippen molar-refractivity contribution in [3.63, 3.8) is 0 Å². The number of alkyl halides is 3. The van der Waals surface area contributed by atoms with Crippen LogP contribution in [0.2, 0.25) is 5.02 Å². The quantitative estimate of drug-likeness (QED) is 0.258. The summed E-state index contributed by atoms with van der Waals surface area (Å²) >= 11 is 7.69. The molecule has 15 heteroatoms. The highest BCUT2D eigenvalue weighted by Crippen LogP contribution is 2.40. The van der Waals surface area contributed by atoms with Crippen LogP contribution in [0.4, 0.5) is 24.8 Å². The normalized spacial score (nSPS) is 14.2. The van der Waals surface area contributed by atoms with Crippen LogP contribution in [0.3, 0.4) is 0 Å². The second-order valence-electron chi connectivity index (χ2n) is 9.63. The standard InChI is InChI=1S/C28H30ClF3N6O4S/c1-33-25(40)23-20(6-5-7-22(23)43-4)42-26-17(28(30,31)32)14-34-27(37-26)36-19-13-18(29)16(12-21(19)41-3)24(39)35-15-8-10-38(2)11-9-15/h5-7,12-15H,8-11H2,1-4H3,(H,33,40)(H,35,39)(H,34,36,37). The zero-order chi connectivity index (χ0) is 31.3. The number of thioether (sulfide) groups is 1. The summed E-state index contributed by atoms with van der Waals surface area (Å²) in [6.45, 7) is 1.72. The summed E-state index contributed by atoms with van der Waals surface area (Å²) in [4.78, 5) is 36.0. The van der Waals surface area contributed by atoms with Crippen molar-refractivity contribution in [3.05, 3.63) is 58.2 Å². The third-order valence-electron chi connectivity index (χ3n) is 6.76. The van der Waals surface area contributed by atoms with Crippen LogP contribution < -0.4 is 25.4 Å². The summed E-state index contributed by atoms with van der Waals surface area (Å²) in [5, 5.41) is 8.34. The molecule has 2 heterocycles. The van der Waals surface area contributed by atoms with Gasteiger partial charge < -0.3 is 30.3 Å². The van der Waals surface area contributed by atoms with E-state index in [-0.39, 0.29) is 51.2 Å². The zero-order valence-corrected chi connectivity index (χ0v) is 25.3. The van der Waals surface area contributed by atoms with Gasteiger partial charge in [-0.15, -0.1) is 11.8 Å². The number of anilines is 2. The fourth-order valence-corrected chi connectivity index (χ4v) is 5.31. The van der Waals surface area contributed by atoms with Crippen molar-refractivity contribution in [2.75, 3.05) is 45.9 Å². The van der Waals surface area contributed by atoms with Crippen LogP contribution in [-0.2, 0) is 6.18 Å². The number of carbonyl (C=O) groups is 2. The highest BCUT2D eigenvalue weighted by atomic mass is 35.5. The molecule has 1 aromatic heterocycles. The van der Waals surface area contributed by atoms with Crippen molar-refractivity contribution in [2.24, 2.45) is 0 Å². The molecular formula is C28H30ClF3N6O4S. The SMILES string of the molecule is CNC(=O)c1c(Oc2nc(Nc3cc(Cl)c(C(=O)NC4CCN(C)CC4)cc3OC)ncc2C(F)(F)F)cccc1SC. The van der Waals surface area contributed by atoms with Gasteiger partial charge in [0.05, 0.1) is 28.9 Å². The van der Waals surface area contributed by atoms with Gasteiger partial charge in [0.2, 0.25) is 11.8 Å². The molecule has 0 radical (unpaired) electrons. The van der Waals surface area contributed by atoms with E-state index in [1.54, 1.807) is 18.4 Å². The fraction of sp³-hybridized carbons (Fsp3) is 0.357. The maximum absolute atomic E-state index is 13.9. The van der Waals surface area contributed by atoms with Gasteiger partial charge in [-0.25, -0.2) is 4.98 Å². The first-order valence-electron chi connectivity index (χ1n) is 13.1. The van der Waals surface area contributed by atoms with Crippen molar-refractivity contribution < 1.29 is 32.2 Å². The van der Waals surface area contributed by atoms with Gasteiger partial charge in [0.25, 0.3) is 11.8 Å². The number of rotatable bonds is 9. The molecule has 0 aliphatic carbocycles. The Hall–Kier alpha value is -3.75. The number of piperidine rings is 1. The third kappa shape index (κ3) is 7.61. The van der Waals surface area contributed by atoms with E-state index >= 15 is 0 Å². The minimum Gasteiger partial charge on any atom is -0.495 e. The number of hydrogen-bond acceptors (Lipinski definition) is 9. The Kier molecular flexibility index (Phi) is 10.2. The molecule has 0 bridgehead atoms. The van der Waals surface area contributed by atoms with Crippen LogP contribution >= 0.6 is 23.4 Å². The Bertz CT molecular complexity index is 1500. The first kappa shape index (κ1) is 32.2. The molecule has 230 valence electrons. The lowest BCUT2D eigenvalue weighted by Crippen LogP contribution is -2.43. The number of nitrogens with zero attached hydrogens (tertiary/aromatic N) is 3. The van der Waals surface area contributed by atoms with Gasteiger partial charge in [-0.3, -0.25) is 9.59 Å². The number of nitrogens with one attached hydrogen (secondary N) is 3. The first-order valence-corrected chi connectivity index (χ1v) is 14.7. The van der Waals surface area contributed by atoms with E-state index in [2.05, 4.69) is 30.8 Å². The van der Waals surface area contributed by atoms with Gasteiger partial charge in [0, 0.05) is 24.2 Å². The minimum absolute atomic E-state index is 0.00284. The van der Waals surface area contributed by atoms with Crippen LogP contribution in [0, 0.1) is 0 Å². The van der Waals surface area contributed by atoms with Crippen molar-refractivity contribution >= 4 is 46.8 Å². The number of likely N-dealkylation sites (tertiary alicyclic amines) is 1. The third-order valence-corrected chi connectivity index (χ3v) is 7.85. The Morgan fingerprint density at radius 2 is 1.86 bits per heavy atom. The highest BCUT2D eigenvalue weighted by molar-refractivity contribution is 7.98. The van der Waals surface area contributed by atoms with Crippen molar-refractivity contribution in [2.45, 2.75) is 30.0 Å². The summed E-state index contributed by atoms with van der Waals surface area (Å²) in [6, 6.07) is 7.41. The van der Waals surface area contributed by atoms with Crippen molar-refractivity contribution in [1.82, 2.24) is 25.5 Å². The first-order chi connectivity index (χ1) is 20.4. The molecule has 1 aliphatic heterocycles. The molecule has 1 saturated heterocycles.